The number of hydrogen-bond donors (Lipinski definition) is 2. The molecule has 2 rings (SSSR count). The quantitative estimate of drug-likeness (QED) is 0.621. The van der Waals surface area contributed by atoms with Gasteiger partial charge in [0.25, 0.3) is 4.92 Å². The number of alkyl halides is 3. The molecule has 0 aromatic heterocycles. The summed E-state index contributed by atoms with van der Waals surface area (Å²) in [4.78, 5) is 14.6. The van der Waals surface area contributed by atoms with Crippen LogP contribution in [0.3, 0.4) is 0 Å². The van der Waals surface area contributed by atoms with Crippen LogP contribution in [0.5, 0.6) is 0 Å². The first-order chi connectivity index (χ1) is 9.27. The lowest BCUT2D eigenvalue weighted by atomic mass is 10.1. The van der Waals surface area contributed by atoms with Crippen LogP contribution >= 0.6 is 46.6 Å². The molecule has 2 N–H and O–H groups in total. The fraction of sp³-hybridized carbons (Fsp3) is 0.273. The first-order valence-electron chi connectivity index (χ1n) is 5.43. The van der Waals surface area contributed by atoms with Gasteiger partial charge in [0.05, 0.1) is 15.9 Å². The van der Waals surface area contributed by atoms with Crippen LogP contribution in [0.15, 0.2) is 29.3 Å². The van der Waals surface area contributed by atoms with E-state index in [0.29, 0.717) is 17.7 Å². The Morgan fingerprint density at radius 2 is 1.95 bits per heavy atom. The van der Waals surface area contributed by atoms with Crippen molar-refractivity contribution in [3.63, 3.8) is 0 Å². The van der Waals surface area contributed by atoms with Gasteiger partial charge in [0, 0.05) is 18.6 Å². The number of amidine groups is 1. The van der Waals surface area contributed by atoms with Crippen LogP contribution in [0.2, 0.25) is 0 Å². The van der Waals surface area contributed by atoms with E-state index in [1.165, 1.54) is 12.1 Å². The van der Waals surface area contributed by atoms with Gasteiger partial charge in [-0.15, -0.1) is 0 Å². The number of benzene rings is 1. The van der Waals surface area contributed by atoms with Gasteiger partial charge in [-0.25, -0.2) is 10.2 Å². The first kappa shape index (κ1) is 15.6. The van der Waals surface area contributed by atoms with Gasteiger partial charge in [0.2, 0.25) is 3.79 Å². The summed E-state index contributed by atoms with van der Waals surface area (Å²) in [6.07, 6.45) is 0.392. The minimum atomic E-state index is -1.49. The Kier molecular flexibility index (Phi) is 4.59. The van der Waals surface area contributed by atoms with Crippen molar-refractivity contribution in [3.8, 4) is 0 Å². The second-order valence-electron chi connectivity index (χ2n) is 4.04. The standard InChI is InChI=1S/C11H9Cl3N3O2S/c12-11(13,14)9-5-8(16-10(15)20-9)6-1-3-7(4-2-6)17(18)19/h1-4,9,15H,5H2,(H,18,19)/q+1. The van der Waals surface area contributed by atoms with E-state index in [4.69, 9.17) is 45.4 Å². The second kappa shape index (κ2) is 5.89. The average molecular weight is 354 g/mol. The molecule has 1 aromatic carbocycles. The topological polar surface area (TPSA) is 76.5 Å². The number of nitrogens with zero attached hydrogens (tertiary/aromatic N) is 2. The van der Waals surface area contributed by atoms with Gasteiger partial charge in [0.1, 0.15) is 0 Å². The Morgan fingerprint density at radius 3 is 2.45 bits per heavy atom. The molecule has 0 bridgehead atoms. The molecule has 0 spiro atoms. The van der Waals surface area contributed by atoms with Crippen LogP contribution in [0.1, 0.15) is 12.0 Å². The average Bonchev–Trinajstić information content (AvgIpc) is 2.37. The molecule has 0 aliphatic carbocycles. The lowest BCUT2D eigenvalue weighted by Gasteiger charge is -2.27. The van der Waals surface area contributed by atoms with Gasteiger partial charge in [-0.3, -0.25) is 5.41 Å². The predicted octanol–water partition coefficient (Wildman–Crippen LogP) is 4.09. The third-order valence-electron chi connectivity index (χ3n) is 2.66. The van der Waals surface area contributed by atoms with Gasteiger partial charge >= 0.3 is 5.69 Å². The van der Waals surface area contributed by atoms with Crippen LogP contribution in [-0.4, -0.2) is 30.1 Å². The normalized spacial score (nSPS) is 19.6. The van der Waals surface area contributed by atoms with Crippen LogP contribution in [-0.2, 0) is 0 Å². The van der Waals surface area contributed by atoms with Gasteiger partial charge in [-0.05, 0) is 17.7 Å². The molecule has 0 amide bonds. The molecule has 20 heavy (non-hydrogen) atoms. The van der Waals surface area contributed by atoms with E-state index in [1.54, 1.807) is 12.1 Å². The van der Waals surface area contributed by atoms with Crippen molar-refractivity contribution in [1.29, 1.82) is 5.41 Å². The van der Waals surface area contributed by atoms with Crippen molar-refractivity contribution < 1.29 is 10.1 Å². The van der Waals surface area contributed by atoms with Crippen LogP contribution in [0.25, 0.3) is 0 Å². The molecule has 1 unspecified atom stereocenters. The summed E-state index contributed by atoms with van der Waals surface area (Å²) in [6, 6.07) is 6.13. The molecular formula is C11H9Cl3N3O2S+. The molecule has 0 fully saturated rings. The molecule has 1 aliphatic heterocycles. The molecule has 1 aliphatic rings. The molecule has 0 saturated carbocycles. The van der Waals surface area contributed by atoms with Crippen molar-refractivity contribution in [2.75, 3.05) is 0 Å². The molecule has 9 heteroatoms. The molecule has 1 heterocycles. The molecule has 0 saturated heterocycles. The van der Waals surface area contributed by atoms with Crippen molar-refractivity contribution in [2.24, 2.45) is 4.99 Å². The largest absolute Gasteiger partial charge is 0.316 e. The number of thioether (sulfide) groups is 1. The zero-order chi connectivity index (χ0) is 14.9. The Hall–Kier alpha value is -0.820. The maximum atomic E-state index is 10.7. The van der Waals surface area contributed by atoms with Crippen molar-refractivity contribution in [3.05, 3.63) is 34.7 Å². The second-order valence-corrected chi connectivity index (χ2v) is 7.60. The third kappa shape index (κ3) is 3.63. The Labute approximate surface area is 134 Å². The number of halogens is 3. The molecule has 1 aromatic rings. The third-order valence-corrected chi connectivity index (χ3v) is 4.95. The minimum Gasteiger partial charge on any atom is -0.277 e. The SMILES string of the molecule is N=C1N=C(c2ccc([N+](=O)O)cc2)CC(C(Cl)(Cl)Cl)S1. The summed E-state index contributed by atoms with van der Waals surface area (Å²) in [5.41, 5.74) is 1.42. The summed E-state index contributed by atoms with van der Waals surface area (Å²) in [6.45, 7) is 0. The van der Waals surface area contributed by atoms with E-state index in [1.807, 2.05) is 0 Å². The maximum absolute atomic E-state index is 10.7. The van der Waals surface area contributed by atoms with Gasteiger partial charge in [0.15, 0.2) is 5.17 Å². The summed E-state index contributed by atoms with van der Waals surface area (Å²) in [7, 11) is 0. The van der Waals surface area contributed by atoms with E-state index in [-0.39, 0.29) is 15.8 Å². The maximum Gasteiger partial charge on any atom is 0.316 e. The summed E-state index contributed by atoms with van der Waals surface area (Å²) >= 11 is 18.7. The van der Waals surface area contributed by atoms with Crippen LogP contribution in [0, 0.1) is 10.3 Å². The number of aliphatic imine (C=N–C) groups is 1. The highest BCUT2D eigenvalue weighted by molar-refractivity contribution is 8.14. The van der Waals surface area contributed by atoms with Crippen LogP contribution in [0.4, 0.5) is 5.69 Å². The highest BCUT2D eigenvalue weighted by atomic mass is 35.6. The zero-order valence-corrected chi connectivity index (χ0v) is 13.0. The van der Waals surface area contributed by atoms with E-state index in [9.17, 15) is 4.91 Å². The Morgan fingerprint density at radius 1 is 1.35 bits per heavy atom. The highest BCUT2D eigenvalue weighted by Crippen LogP contribution is 2.42. The lowest BCUT2D eigenvalue weighted by Crippen LogP contribution is -2.30. The smallest absolute Gasteiger partial charge is 0.277 e. The van der Waals surface area contributed by atoms with Crippen molar-refractivity contribution >= 4 is 63.1 Å². The number of rotatable bonds is 2. The fourth-order valence-electron chi connectivity index (χ4n) is 1.69. The predicted molar refractivity (Wildman–Crippen MR) is 82.1 cm³/mol. The van der Waals surface area contributed by atoms with Crippen molar-refractivity contribution in [2.45, 2.75) is 15.5 Å². The number of nitrogens with one attached hydrogen (secondary N) is 1. The number of hydrogen-bond acceptors (Lipinski definition) is 3. The minimum absolute atomic E-state index is 0.0688. The summed E-state index contributed by atoms with van der Waals surface area (Å²) in [5, 5.41) is 16.1. The molecular weight excluding hydrogens is 345 g/mol. The van der Waals surface area contributed by atoms with Gasteiger partial charge in [-0.1, -0.05) is 46.6 Å². The molecule has 1 atom stereocenters. The van der Waals surface area contributed by atoms with E-state index in [2.05, 4.69) is 4.99 Å². The summed E-state index contributed by atoms with van der Waals surface area (Å²) < 4.78 is -1.49. The fourth-order valence-corrected chi connectivity index (χ4v) is 3.13. The van der Waals surface area contributed by atoms with E-state index >= 15 is 0 Å². The van der Waals surface area contributed by atoms with Gasteiger partial charge < -0.3 is 0 Å². The first-order valence-corrected chi connectivity index (χ1v) is 7.45. The van der Waals surface area contributed by atoms with Crippen molar-refractivity contribution in [1.82, 2.24) is 0 Å². The lowest BCUT2D eigenvalue weighted by molar-refractivity contribution is -0.729. The molecule has 106 valence electrons. The van der Waals surface area contributed by atoms with Crippen LogP contribution < -0.4 is 0 Å². The van der Waals surface area contributed by atoms with E-state index in [0.717, 1.165) is 11.8 Å². The summed E-state index contributed by atoms with van der Waals surface area (Å²) in [5.74, 6) is 0. The van der Waals surface area contributed by atoms with E-state index < -0.39 is 9.04 Å². The Balaban J connectivity index is 2.27. The monoisotopic (exact) mass is 352 g/mol. The Bertz CT molecular complexity index is 584. The molecule has 0 radical (unpaired) electrons. The van der Waals surface area contributed by atoms with Gasteiger partial charge in [-0.2, -0.15) is 0 Å². The molecule has 5 nitrogen and oxygen atoms in total. The highest BCUT2D eigenvalue weighted by Gasteiger charge is 2.37. The zero-order valence-electron chi connectivity index (χ0n) is 9.89.